The Morgan fingerprint density at radius 3 is 1.43 bits per heavy atom. The molecule has 0 N–H and O–H groups in total. The predicted octanol–water partition coefficient (Wildman–Crippen LogP) is 9.04. The van der Waals surface area contributed by atoms with Gasteiger partial charge in [-0.3, -0.25) is 4.98 Å². The van der Waals surface area contributed by atoms with Crippen LogP contribution in [-0.2, 0) is 0 Å². The lowest BCUT2D eigenvalue weighted by Gasteiger charge is -2.08. The van der Waals surface area contributed by atoms with Crippen molar-refractivity contribution in [3.63, 3.8) is 0 Å². The third-order valence-corrected chi connectivity index (χ3v) is 6.40. The van der Waals surface area contributed by atoms with Crippen LogP contribution in [0.5, 0.6) is 0 Å². The van der Waals surface area contributed by atoms with E-state index in [0.29, 0.717) is 0 Å². The van der Waals surface area contributed by atoms with Crippen LogP contribution in [-0.4, -0.2) is 4.98 Å². The van der Waals surface area contributed by atoms with E-state index >= 15 is 0 Å². The molecule has 1 heterocycles. The first-order chi connectivity index (χ1) is 17.2. The van der Waals surface area contributed by atoms with E-state index in [2.05, 4.69) is 77.8 Å². The van der Waals surface area contributed by atoms with Gasteiger partial charge in [0.15, 0.2) is 0 Å². The van der Waals surface area contributed by atoms with Gasteiger partial charge in [0.05, 0.1) is 5.52 Å². The third kappa shape index (κ3) is 4.34. The van der Waals surface area contributed by atoms with Crippen molar-refractivity contribution in [2.24, 2.45) is 0 Å². The summed E-state index contributed by atoms with van der Waals surface area (Å²) < 4.78 is 13.5. The molecule has 35 heavy (non-hydrogen) atoms. The van der Waals surface area contributed by atoms with E-state index in [1.807, 2.05) is 42.6 Å². The minimum absolute atomic E-state index is 0.218. The van der Waals surface area contributed by atoms with Gasteiger partial charge in [-0.25, -0.2) is 4.39 Å². The van der Waals surface area contributed by atoms with Gasteiger partial charge >= 0.3 is 0 Å². The zero-order valence-corrected chi connectivity index (χ0v) is 19.0. The molecule has 5 aromatic carbocycles. The highest BCUT2D eigenvalue weighted by Crippen LogP contribution is 2.29. The average molecular weight is 452 g/mol. The Labute approximate surface area is 204 Å². The van der Waals surface area contributed by atoms with E-state index in [0.717, 1.165) is 44.3 Å². The third-order valence-electron chi connectivity index (χ3n) is 6.40. The van der Waals surface area contributed by atoms with Gasteiger partial charge in [-0.1, -0.05) is 103 Å². The van der Waals surface area contributed by atoms with Crippen molar-refractivity contribution in [3.05, 3.63) is 139 Å². The Bertz CT molecular complexity index is 1620. The Kier molecular flexibility index (Phi) is 5.40. The second kappa shape index (κ2) is 9.00. The Morgan fingerprint density at radius 1 is 0.400 bits per heavy atom. The summed E-state index contributed by atoms with van der Waals surface area (Å²) in [5.41, 5.74) is 9.81. The molecule has 0 bridgehead atoms. The largest absolute Gasteiger partial charge is 0.256 e. The number of rotatable bonds is 4. The Morgan fingerprint density at radius 2 is 0.886 bits per heavy atom. The van der Waals surface area contributed by atoms with E-state index < -0.39 is 0 Å². The molecule has 1 aromatic heterocycles. The molecule has 166 valence electrons. The van der Waals surface area contributed by atoms with E-state index in [4.69, 9.17) is 0 Å². The number of benzene rings is 5. The normalized spacial score (nSPS) is 11.0. The van der Waals surface area contributed by atoms with E-state index in [-0.39, 0.29) is 5.82 Å². The van der Waals surface area contributed by atoms with Crippen molar-refractivity contribution >= 4 is 10.9 Å². The first-order valence-corrected chi connectivity index (χ1v) is 11.6. The summed E-state index contributed by atoms with van der Waals surface area (Å²) in [6.45, 7) is 0. The van der Waals surface area contributed by atoms with Crippen molar-refractivity contribution in [3.8, 4) is 44.5 Å². The first-order valence-electron chi connectivity index (χ1n) is 11.6. The Hall–Kier alpha value is -4.56. The molecule has 0 saturated carbocycles. The van der Waals surface area contributed by atoms with Crippen LogP contribution < -0.4 is 0 Å². The standard InChI is InChI=1S/C33H22FN/c34-32-6-3-5-29(21-32)27-16-12-25(13-17-27)23-8-10-24(11-9-23)26-14-18-28(19-15-26)31-20-30-4-1-2-7-33(30)35-22-31/h1-22H. The molecule has 0 aliphatic rings. The fraction of sp³-hybridized carbons (Fsp3) is 0. The van der Waals surface area contributed by atoms with Crippen LogP contribution in [0.15, 0.2) is 134 Å². The number of hydrogen-bond donors (Lipinski definition) is 0. The lowest BCUT2D eigenvalue weighted by Crippen LogP contribution is -1.84. The van der Waals surface area contributed by atoms with Crippen LogP contribution in [0, 0.1) is 5.82 Å². The number of pyridine rings is 1. The van der Waals surface area contributed by atoms with Crippen LogP contribution in [0.25, 0.3) is 55.4 Å². The molecule has 0 atom stereocenters. The molecule has 6 aromatic rings. The topological polar surface area (TPSA) is 12.9 Å². The fourth-order valence-corrected chi connectivity index (χ4v) is 4.46. The van der Waals surface area contributed by atoms with Crippen LogP contribution in [0.1, 0.15) is 0 Å². The number of para-hydroxylation sites is 1. The summed E-state index contributed by atoms with van der Waals surface area (Å²) in [6.07, 6.45) is 1.94. The molecule has 6 rings (SSSR count). The molecule has 0 spiro atoms. The molecule has 2 heteroatoms. The summed E-state index contributed by atoms with van der Waals surface area (Å²) >= 11 is 0. The van der Waals surface area contributed by atoms with Crippen LogP contribution in [0.4, 0.5) is 4.39 Å². The summed E-state index contributed by atoms with van der Waals surface area (Å²) in [7, 11) is 0. The second-order valence-electron chi connectivity index (χ2n) is 8.66. The molecule has 0 unspecified atom stereocenters. The average Bonchev–Trinajstić information content (AvgIpc) is 2.93. The molecular formula is C33H22FN. The summed E-state index contributed by atoms with van der Waals surface area (Å²) in [4.78, 5) is 4.59. The van der Waals surface area contributed by atoms with Crippen LogP contribution >= 0.6 is 0 Å². The van der Waals surface area contributed by atoms with Gasteiger partial charge in [0.25, 0.3) is 0 Å². The van der Waals surface area contributed by atoms with Gasteiger partial charge in [-0.05, 0) is 63.2 Å². The number of fused-ring (bicyclic) bond motifs is 1. The summed E-state index contributed by atoms with van der Waals surface area (Å²) in [5.74, 6) is -0.218. The number of aromatic nitrogens is 1. The van der Waals surface area contributed by atoms with Crippen molar-refractivity contribution in [1.29, 1.82) is 0 Å². The maximum atomic E-state index is 13.5. The lowest BCUT2D eigenvalue weighted by molar-refractivity contribution is 0.628. The van der Waals surface area contributed by atoms with Gasteiger partial charge in [0, 0.05) is 17.1 Å². The minimum atomic E-state index is -0.218. The molecule has 0 aliphatic heterocycles. The highest BCUT2D eigenvalue weighted by atomic mass is 19.1. The van der Waals surface area contributed by atoms with Gasteiger partial charge < -0.3 is 0 Å². The fourth-order valence-electron chi connectivity index (χ4n) is 4.46. The van der Waals surface area contributed by atoms with Crippen LogP contribution in [0.2, 0.25) is 0 Å². The minimum Gasteiger partial charge on any atom is -0.256 e. The molecular weight excluding hydrogens is 429 g/mol. The van der Waals surface area contributed by atoms with Crippen molar-refractivity contribution < 1.29 is 4.39 Å². The van der Waals surface area contributed by atoms with Crippen molar-refractivity contribution in [2.45, 2.75) is 0 Å². The van der Waals surface area contributed by atoms with Gasteiger partial charge in [-0.2, -0.15) is 0 Å². The van der Waals surface area contributed by atoms with Gasteiger partial charge in [0.1, 0.15) is 5.82 Å². The zero-order chi connectivity index (χ0) is 23.6. The van der Waals surface area contributed by atoms with E-state index in [9.17, 15) is 4.39 Å². The highest BCUT2D eigenvalue weighted by Gasteiger charge is 2.05. The lowest BCUT2D eigenvalue weighted by atomic mass is 9.97. The molecule has 0 aliphatic carbocycles. The summed E-state index contributed by atoms with van der Waals surface area (Å²) in [5, 5.41) is 1.15. The van der Waals surface area contributed by atoms with Crippen LogP contribution in [0.3, 0.4) is 0 Å². The molecule has 0 saturated heterocycles. The predicted molar refractivity (Wildman–Crippen MR) is 143 cm³/mol. The van der Waals surface area contributed by atoms with Gasteiger partial charge in [0.2, 0.25) is 0 Å². The smallest absolute Gasteiger partial charge is 0.123 e. The molecule has 0 amide bonds. The second-order valence-corrected chi connectivity index (χ2v) is 8.66. The van der Waals surface area contributed by atoms with E-state index in [1.165, 1.54) is 17.2 Å². The first kappa shape index (κ1) is 21.0. The quantitative estimate of drug-likeness (QED) is 0.260. The monoisotopic (exact) mass is 451 g/mol. The van der Waals surface area contributed by atoms with Crippen molar-refractivity contribution in [1.82, 2.24) is 4.98 Å². The van der Waals surface area contributed by atoms with E-state index in [1.54, 1.807) is 12.1 Å². The number of halogens is 1. The summed E-state index contributed by atoms with van der Waals surface area (Å²) in [6, 6.07) is 42.5. The Balaban J connectivity index is 1.21. The maximum absolute atomic E-state index is 13.5. The highest BCUT2D eigenvalue weighted by molar-refractivity contribution is 5.84. The number of hydrogen-bond acceptors (Lipinski definition) is 1. The SMILES string of the molecule is Fc1cccc(-c2ccc(-c3ccc(-c4ccc(-c5cnc6ccccc6c5)cc4)cc3)cc2)c1. The van der Waals surface area contributed by atoms with Crippen molar-refractivity contribution in [2.75, 3.05) is 0 Å². The molecule has 1 nitrogen and oxygen atoms in total. The number of nitrogens with zero attached hydrogens (tertiary/aromatic N) is 1. The molecule has 0 fully saturated rings. The molecule has 0 radical (unpaired) electrons. The van der Waals surface area contributed by atoms with Gasteiger partial charge in [-0.15, -0.1) is 0 Å². The zero-order valence-electron chi connectivity index (χ0n) is 19.0. The maximum Gasteiger partial charge on any atom is 0.123 e.